The van der Waals surface area contributed by atoms with Gasteiger partial charge in [-0.1, -0.05) is 6.07 Å². The number of hydrogen-bond acceptors (Lipinski definition) is 5. The molecule has 0 bridgehead atoms. The van der Waals surface area contributed by atoms with E-state index in [0.29, 0.717) is 17.1 Å². The number of aromatic amines is 1. The number of rotatable bonds is 1. The van der Waals surface area contributed by atoms with E-state index in [1.165, 1.54) is 6.20 Å². The maximum atomic E-state index is 11.0. The SMILES string of the molecule is Nc1[nH]c(=O)ncc1-c1ccc2c(c1)OCO2. The maximum absolute atomic E-state index is 11.0. The van der Waals surface area contributed by atoms with Crippen molar-refractivity contribution < 1.29 is 9.47 Å². The van der Waals surface area contributed by atoms with Crippen LogP contribution in [0.1, 0.15) is 0 Å². The average molecular weight is 231 g/mol. The third-order valence-electron chi connectivity index (χ3n) is 2.53. The van der Waals surface area contributed by atoms with Gasteiger partial charge in [-0.3, -0.25) is 4.98 Å². The first-order valence-electron chi connectivity index (χ1n) is 4.99. The number of hydrogen-bond donors (Lipinski definition) is 2. The van der Waals surface area contributed by atoms with Crippen molar-refractivity contribution in [3.05, 3.63) is 34.9 Å². The number of anilines is 1. The molecule has 2 heterocycles. The van der Waals surface area contributed by atoms with Crippen molar-refractivity contribution in [3.8, 4) is 22.6 Å². The Morgan fingerprint density at radius 3 is 2.94 bits per heavy atom. The molecule has 1 aromatic carbocycles. The summed E-state index contributed by atoms with van der Waals surface area (Å²) in [4.78, 5) is 17.1. The van der Waals surface area contributed by atoms with E-state index in [-0.39, 0.29) is 12.6 Å². The predicted octanol–water partition coefficient (Wildman–Crippen LogP) is 0.748. The fraction of sp³-hybridized carbons (Fsp3) is 0.0909. The molecule has 3 rings (SSSR count). The van der Waals surface area contributed by atoms with Crippen LogP contribution in [-0.4, -0.2) is 16.8 Å². The van der Waals surface area contributed by atoms with Crippen molar-refractivity contribution in [2.45, 2.75) is 0 Å². The van der Waals surface area contributed by atoms with Crippen LogP contribution in [0.15, 0.2) is 29.2 Å². The number of nitrogens with two attached hydrogens (primary N) is 1. The topological polar surface area (TPSA) is 90.2 Å². The van der Waals surface area contributed by atoms with Crippen molar-refractivity contribution in [2.24, 2.45) is 0 Å². The van der Waals surface area contributed by atoms with E-state index < -0.39 is 5.69 Å². The molecule has 1 aromatic heterocycles. The molecule has 0 fully saturated rings. The molecule has 0 spiro atoms. The number of aromatic nitrogens is 2. The van der Waals surface area contributed by atoms with Crippen molar-refractivity contribution in [2.75, 3.05) is 12.5 Å². The van der Waals surface area contributed by atoms with E-state index in [2.05, 4.69) is 9.97 Å². The number of nitrogen functional groups attached to an aromatic ring is 1. The molecule has 6 heteroatoms. The molecule has 86 valence electrons. The van der Waals surface area contributed by atoms with Gasteiger partial charge >= 0.3 is 5.69 Å². The minimum atomic E-state index is -0.466. The first kappa shape index (κ1) is 9.71. The summed E-state index contributed by atoms with van der Waals surface area (Å²) in [6, 6.07) is 5.43. The quantitative estimate of drug-likeness (QED) is 0.755. The van der Waals surface area contributed by atoms with Crippen molar-refractivity contribution in [1.82, 2.24) is 9.97 Å². The highest BCUT2D eigenvalue weighted by molar-refractivity contribution is 5.74. The van der Waals surface area contributed by atoms with Crippen LogP contribution < -0.4 is 20.9 Å². The molecule has 2 aromatic rings. The molecule has 1 aliphatic heterocycles. The van der Waals surface area contributed by atoms with Crippen molar-refractivity contribution >= 4 is 5.82 Å². The van der Waals surface area contributed by atoms with Crippen LogP contribution in [0.2, 0.25) is 0 Å². The summed E-state index contributed by atoms with van der Waals surface area (Å²) in [5.41, 5.74) is 6.74. The van der Waals surface area contributed by atoms with Gasteiger partial charge in [0.1, 0.15) is 5.82 Å². The molecule has 0 amide bonds. The predicted molar refractivity (Wildman–Crippen MR) is 60.8 cm³/mol. The molecule has 0 saturated carbocycles. The third kappa shape index (κ3) is 1.59. The Hall–Kier alpha value is -2.50. The third-order valence-corrected chi connectivity index (χ3v) is 2.53. The molecular weight excluding hydrogens is 222 g/mol. The molecule has 0 aliphatic carbocycles. The summed E-state index contributed by atoms with van der Waals surface area (Å²) in [5, 5.41) is 0. The first-order valence-corrected chi connectivity index (χ1v) is 4.99. The van der Waals surface area contributed by atoms with Crippen LogP contribution in [0.5, 0.6) is 11.5 Å². The highest BCUT2D eigenvalue weighted by atomic mass is 16.7. The standard InChI is InChI=1S/C11H9N3O3/c12-10-7(4-13-11(15)14-10)6-1-2-8-9(3-6)17-5-16-8/h1-4H,5H2,(H3,12,13,14,15). The molecular formula is C11H9N3O3. The van der Waals surface area contributed by atoms with Gasteiger partial charge < -0.3 is 15.2 Å². The van der Waals surface area contributed by atoms with Gasteiger partial charge in [-0.15, -0.1) is 0 Å². The number of ether oxygens (including phenoxy) is 2. The fourth-order valence-corrected chi connectivity index (χ4v) is 1.70. The average Bonchev–Trinajstić information content (AvgIpc) is 2.75. The molecule has 0 saturated heterocycles. The molecule has 0 atom stereocenters. The zero-order valence-corrected chi connectivity index (χ0v) is 8.77. The van der Waals surface area contributed by atoms with Gasteiger partial charge in [-0.05, 0) is 17.7 Å². The molecule has 0 radical (unpaired) electrons. The summed E-state index contributed by atoms with van der Waals surface area (Å²) >= 11 is 0. The highest BCUT2D eigenvalue weighted by Crippen LogP contribution is 2.36. The second-order valence-electron chi connectivity index (χ2n) is 3.58. The summed E-state index contributed by atoms with van der Waals surface area (Å²) in [6.07, 6.45) is 1.44. The molecule has 0 unspecified atom stereocenters. The number of H-pyrrole nitrogens is 1. The lowest BCUT2D eigenvalue weighted by atomic mass is 10.1. The smallest absolute Gasteiger partial charge is 0.346 e. The lowest BCUT2D eigenvalue weighted by molar-refractivity contribution is 0.174. The van der Waals surface area contributed by atoms with Crippen LogP contribution in [0.4, 0.5) is 5.82 Å². The van der Waals surface area contributed by atoms with Gasteiger partial charge in [0.2, 0.25) is 6.79 Å². The van der Waals surface area contributed by atoms with E-state index in [4.69, 9.17) is 15.2 Å². The van der Waals surface area contributed by atoms with Gasteiger partial charge in [-0.25, -0.2) is 9.78 Å². The van der Waals surface area contributed by atoms with E-state index >= 15 is 0 Å². The monoisotopic (exact) mass is 231 g/mol. The number of nitrogens with one attached hydrogen (secondary N) is 1. The summed E-state index contributed by atoms with van der Waals surface area (Å²) in [5.74, 6) is 1.64. The molecule has 6 nitrogen and oxygen atoms in total. The van der Waals surface area contributed by atoms with E-state index in [9.17, 15) is 4.79 Å². The van der Waals surface area contributed by atoms with Gasteiger partial charge in [0.05, 0.1) is 0 Å². The summed E-state index contributed by atoms with van der Waals surface area (Å²) < 4.78 is 10.5. The van der Waals surface area contributed by atoms with Crippen molar-refractivity contribution in [1.29, 1.82) is 0 Å². The molecule has 17 heavy (non-hydrogen) atoms. The summed E-state index contributed by atoms with van der Waals surface area (Å²) in [6.45, 7) is 0.220. The van der Waals surface area contributed by atoms with Gasteiger partial charge in [0, 0.05) is 11.8 Å². The number of benzene rings is 1. The summed E-state index contributed by atoms with van der Waals surface area (Å²) in [7, 11) is 0. The van der Waals surface area contributed by atoms with Crippen LogP contribution in [0.25, 0.3) is 11.1 Å². The van der Waals surface area contributed by atoms with E-state index in [1.54, 1.807) is 12.1 Å². The van der Waals surface area contributed by atoms with E-state index in [0.717, 1.165) is 5.56 Å². The lowest BCUT2D eigenvalue weighted by Gasteiger charge is -2.05. The number of nitrogens with zero attached hydrogens (tertiary/aromatic N) is 1. The molecule has 3 N–H and O–H groups in total. The van der Waals surface area contributed by atoms with Crippen LogP contribution in [-0.2, 0) is 0 Å². The van der Waals surface area contributed by atoms with Crippen LogP contribution >= 0.6 is 0 Å². The zero-order valence-electron chi connectivity index (χ0n) is 8.77. The normalized spacial score (nSPS) is 12.7. The van der Waals surface area contributed by atoms with Crippen LogP contribution in [0.3, 0.4) is 0 Å². The first-order chi connectivity index (χ1) is 8.24. The van der Waals surface area contributed by atoms with Crippen LogP contribution in [0, 0.1) is 0 Å². The van der Waals surface area contributed by atoms with E-state index in [1.807, 2.05) is 6.07 Å². The Morgan fingerprint density at radius 2 is 2.12 bits per heavy atom. The number of fused-ring (bicyclic) bond motifs is 1. The second kappa shape index (κ2) is 3.51. The second-order valence-corrected chi connectivity index (χ2v) is 3.58. The Morgan fingerprint density at radius 1 is 1.29 bits per heavy atom. The Kier molecular flexibility index (Phi) is 2.01. The Bertz CT molecular complexity index is 636. The zero-order chi connectivity index (χ0) is 11.8. The van der Waals surface area contributed by atoms with Gasteiger partial charge in [-0.2, -0.15) is 0 Å². The Labute approximate surface area is 96.0 Å². The minimum absolute atomic E-state index is 0.220. The van der Waals surface area contributed by atoms with Gasteiger partial charge in [0.15, 0.2) is 11.5 Å². The van der Waals surface area contributed by atoms with Gasteiger partial charge in [0.25, 0.3) is 0 Å². The van der Waals surface area contributed by atoms with Crippen molar-refractivity contribution in [3.63, 3.8) is 0 Å². The largest absolute Gasteiger partial charge is 0.454 e. The maximum Gasteiger partial charge on any atom is 0.346 e. The Balaban J connectivity index is 2.12. The lowest BCUT2D eigenvalue weighted by Crippen LogP contribution is -2.12. The fourth-order valence-electron chi connectivity index (χ4n) is 1.70. The highest BCUT2D eigenvalue weighted by Gasteiger charge is 2.15. The minimum Gasteiger partial charge on any atom is -0.454 e. The molecule has 1 aliphatic rings.